The van der Waals surface area contributed by atoms with Crippen LogP contribution in [-0.4, -0.2) is 17.0 Å². The van der Waals surface area contributed by atoms with E-state index in [1.54, 1.807) is 6.08 Å². The number of benzene rings is 1. The lowest BCUT2D eigenvalue weighted by Crippen LogP contribution is -2.11. The molecule has 2 aliphatic rings. The Hall–Kier alpha value is -1.27. The molecule has 1 aliphatic heterocycles. The van der Waals surface area contributed by atoms with Crippen molar-refractivity contribution in [2.45, 2.75) is 38.5 Å². The minimum atomic E-state index is -0.326. The third kappa shape index (κ3) is 4.63. The summed E-state index contributed by atoms with van der Waals surface area (Å²) in [5.74, 6) is 1.61. The van der Waals surface area contributed by atoms with Crippen molar-refractivity contribution < 1.29 is 14.3 Å². The maximum Gasteiger partial charge on any atom is 0.291 e. The van der Waals surface area contributed by atoms with E-state index in [-0.39, 0.29) is 10.4 Å². The zero-order chi connectivity index (χ0) is 16.9. The van der Waals surface area contributed by atoms with Gasteiger partial charge in [0.25, 0.3) is 5.24 Å². The lowest BCUT2D eigenvalue weighted by molar-refractivity contribution is -0.107. The predicted octanol–water partition coefficient (Wildman–Crippen LogP) is 5.12. The van der Waals surface area contributed by atoms with E-state index in [0.717, 1.165) is 34.7 Å². The highest BCUT2D eigenvalue weighted by atomic mass is 79.9. The average molecular weight is 410 g/mol. The van der Waals surface area contributed by atoms with E-state index >= 15 is 0 Å². The van der Waals surface area contributed by atoms with Crippen LogP contribution in [0.5, 0.6) is 5.75 Å². The fourth-order valence-corrected chi connectivity index (χ4v) is 4.18. The van der Waals surface area contributed by atoms with Crippen LogP contribution in [-0.2, 0) is 4.79 Å². The minimum absolute atomic E-state index is 0.246. The molecule has 1 N–H and O–H groups in total. The summed E-state index contributed by atoms with van der Waals surface area (Å²) in [4.78, 5) is 22.8. The molecule has 1 saturated carbocycles. The van der Waals surface area contributed by atoms with Gasteiger partial charge in [0, 0.05) is 11.8 Å². The van der Waals surface area contributed by atoms with Crippen molar-refractivity contribution in [1.29, 1.82) is 0 Å². The summed E-state index contributed by atoms with van der Waals surface area (Å²) in [5, 5.41) is 1.97. The molecule has 24 heavy (non-hydrogen) atoms. The summed E-state index contributed by atoms with van der Waals surface area (Å²) in [6.45, 7) is 0.731. The first-order valence-electron chi connectivity index (χ1n) is 8.29. The largest absolute Gasteiger partial charge is 0.492 e. The van der Waals surface area contributed by atoms with Gasteiger partial charge in [-0.3, -0.25) is 9.59 Å². The Morgan fingerprint density at radius 2 is 2.04 bits per heavy atom. The van der Waals surface area contributed by atoms with Gasteiger partial charge >= 0.3 is 0 Å². The van der Waals surface area contributed by atoms with Crippen molar-refractivity contribution >= 4 is 44.1 Å². The molecule has 1 aromatic rings. The van der Waals surface area contributed by atoms with Gasteiger partial charge in [-0.2, -0.15) is 0 Å². The molecule has 1 amide bonds. The van der Waals surface area contributed by atoms with Crippen molar-refractivity contribution in [1.82, 2.24) is 5.32 Å². The van der Waals surface area contributed by atoms with Crippen LogP contribution in [0, 0.1) is 5.92 Å². The number of hydrogen-bond acceptors (Lipinski definition) is 4. The van der Waals surface area contributed by atoms with Crippen LogP contribution in [0.1, 0.15) is 44.1 Å². The number of thioether (sulfide) groups is 1. The lowest BCUT2D eigenvalue weighted by atomic mass is 9.87. The maximum absolute atomic E-state index is 11.6. The number of carbonyl (C=O) groups is 2. The standard InChI is InChI=1S/C18H20BrNO3S/c19-14-10-13(11-15-17(21)24-18(22)20-15)6-7-16(14)23-9-8-12-4-2-1-3-5-12/h6-7,10-12H,1-5,8-9H2,(H,20,22)/b15-11+. The molecular weight excluding hydrogens is 390 g/mol. The van der Waals surface area contributed by atoms with Gasteiger partial charge in [-0.1, -0.05) is 38.2 Å². The van der Waals surface area contributed by atoms with Crippen LogP contribution < -0.4 is 10.1 Å². The fraction of sp³-hybridized carbons (Fsp3) is 0.444. The van der Waals surface area contributed by atoms with Crippen LogP contribution >= 0.6 is 27.7 Å². The summed E-state index contributed by atoms with van der Waals surface area (Å²) >= 11 is 4.20. The molecule has 128 valence electrons. The molecule has 6 heteroatoms. The highest BCUT2D eigenvalue weighted by molar-refractivity contribution is 9.10. The molecule has 0 aromatic heterocycles. The van der Waals surface area contributed by atoms with Crippen LogP contribution in [0.15, 0.2) is 28.4 Å². The van der Waals surface area contributed by atoms with Gasteiger partial charge in [-0.05, 0) is 52.0 Å². The van der Waals surface area contributed by atoms with Gasteiger partial charge in [0.2, 0.25) is 5.12 Å². The molecule has 0 bridgehead atoms. The Morgan fingerprint density at radius 3 is 2.71 bits per heavy atom. The van der Waals surface area contributed by atoms with Gasteiger partial charge in [-0.25, -0.2) is 0 Å². The summed E-state index contributed by atoms with van der Waals surface area (Å²) < 4.78 is 6.75. The molecule has 1 aromatic carbocycles. The van der Waals surface area contributed by atoms with Crippen LogP contribution in [0.25, 0.3) is 6.08 Å². The maximum atomic E-state index is 11.6. The summed E-state index contributed by atoms with van der Waals surface area (Å²) in [5.41, 5.74) is 1.16. The normalized spacial score (nSPS) is 20.5. The molecule has 0 unspecified atom stereocenters. The topological polar surface area (TPSA) is 55.4 Å². The minimum Gasteiger partial charge on any atom is -0.492 e. The second-order valence-corrected chi connectivity index (χ2v) is 7.99. The molecule has 1 saturated heterocycles. The van der Waals surface area contributed by atoms with Crippen LogP contribution in [0.3, 0.4) is 0 Å². The van der Waals surface area contributed by atoms with E-state index in [0.29, 0.717) is 17.5 Å². The zero-order valence-electron chi connectivity index (χ0n) is 13.3. The fourth-order valence-electron chi connectivity index (χ4n) is 3.12. The smallest absolute Gasteiger partial charge is 0.291 e. The van der Waals surface area contributed by atoms with Crippen LogP contribution in [0.2, 0.25) is 0 Å². The average Bonchev–Trinajstić information content (AvgIpc) is 2.88. The highest BCUT2D eigenvalue weighted by Crippen LogP contribution is 2.30. The Kier molecular flexibility index (Phi) is 6.00. The van der Waals surface area contributed by atoms with Gasteiger partial charge in [-0.15, -0.1) is 0 Å². The third-order valence-electron chi connectivity index (χ3n) is 4.42. The van der Waals surface area contributed by atoms with Crippen LogP contribution in [0.4, 0.5) is 4.79 Å². The number of ether oxygens (including phenoxy) is 1. The van der Waals surface area contributed by atoms with E-state index in [4.69, 9.17) is 4.74 Å². The Balaban J connectivity index is 1.57. The first kappa shape index (κ1) is 17.5. The molecule has 3 rings (SSSR count). The van der Waals surface area contributed by atoms with Crippen molar-refractivity contribution in [2.75, 3.05) is 6.61 Å². The molecule has 4 nitrogen and oxygen atoms in total. The van der Waals surface area contributed by atoms with Gasteiger partial charge in [0.15, 0.2) is 0 Å². The lowest BCUT2D eigenvalue weighted by Gasteiger charge is -2.21. The Morgan fingerprint density at radius 1 is 1.25 bits per heavy atom. The van der Waals surface area contributed by atoms with E-state index in [9.17, 15) is 9.59 Å². The molecule has 1 aliphatic carbocycles. The first-order chi connectivity index (χ1) is 11.6. The number of nitrogens with one attached hydrogen (secondary N) is 1. The molecule has 0 atom stereocenters. The summed E-state index contributed by atoms with van der Waals surface area (Å²) in [6.07, 6.45) is 9.52. The second kappa shape index (κ2) is 8.21. The number of amides is 1. The van der Waals surface area contributed by atoms with Gasteiger partial charge in [0.05, 0.1) is 16.8 Å². The number of carbonyl (C=O) groups excluding carboxylic acids is 2. The highest BCUT2D eigenvalue weighted by Gasteiger charge is 2.25. The predicted molar refractivity (Wildman–Crippen MR) is 99.9 cm³/mol. The van der Waals surface area contributed by atoms with E-state index in [2.05, 4.69) is 21.2 Å². The van der Waals surface area contributed by atoms with E-state index < -0.39 is 0 Å². The number of halogens is 1. The summed E-state index contributed by atoms with van der Waals surface area (Å²) in [7, 11) is 0. The summed E-state index contributed by atoms with van der Waals surface area (Å²) in [6, 6.07) is 5.67. The molecule has 2 fully saturated rings. The van der Waals surface area contributed by atoms with Crippen molar-refractivity contribution in [2.24, 2.45) is 5.92 Å². The monoisotopic (exact) mass is 409 g/mol. The molecule has 0 spiro atoms. The van der Waals surface area contributed by atoms with Gasteiger partial charge < -0.3 is 10.1 Å². The third-order valence-corrected chi connectivity index (χ3v) is 5.73. The van der Waals surface area contributed by atoms with Crippen molar-refractivity contribution in [3.63, 3.8) is 0 Å². The quantitative estimate of drug-likeness (QED) is 0.685. The molecule has 1 heterocycles. The Labute approximate surface area is 154 Å². The SMILES string of the molecule is O=C1N/C(=C/c2ccc(OCCC3CCCCC3)c(Br)c2)C(=O)S1. The van der Waals surface area contributed by atoms with Crippen molar-refractivity contribution in [3.05, 3.63) is 33.9 Å². The first-order valence-corrected chi connectivity index (χ1v) is 9.90. The van der Waals surface area contributed by atoms with Crippen molar-refractivity contribution in [3.8, 4) is 5.75 Å². The molecule has 0 radical (unpaired) electrons. The second-order valence-electron chi connectivity index (χ2n) is 6.19. The van der Waals surface area contributed by atoms with E-state index in [1.165, 1.54) is 32.1 Å². The number of hydrogen-bond donors (Lipinski definition) is 1. The Bertz CT molecular complexity index is 668. The number of rotatable bonds is 5. The van der Waals surface area contributed by atoms with E-state index in [1.807, 2.05) is 18.2 Å². The molecular formula is C18H20BrNO3S. The zero-order valence-corrected chi connectivity index (χ0v) is 15.7. The van der Waals surface area contributed by atoms with Gasteiger partial charge in [0.1, 0.15) is 5.75 Å².